The molecule has 1 heterocycles. The fraction of sp³-hybridized carbons (Fsp3) is 0.444. The Balaban J connectivity index is 2.07. The molecule has 5 nitrogen and oxygen atoms in total. The van der Waals surface area contributed by atoms with Gasteiger partial charge < -0.3 is 15.1 Å². The molecule has 1 N–H and O–H groups in total. The lowest BCUT2D eigenvalue weighted by Crippen LogP contribution is -2.46. The Labute approximate surface area is 138 Å². The van der Waals surface area contributed by atoms with E-state index in [1.807, 2.05) is 50.2 Å². The predicted octanol–water partition coefficient (Wildman–Crippen LogP) is 2.51. The molecule has 2 rings (SSSR count). The number of likely N-dealkylation sites (tertiary alicyclic amines) is 1. The summed E-state index contributed by atoms with van der Waals surface area (Å²) in [5.41, 5.74) is 1.33. The summed E-state index contributed by atoms with van der Waals surface area (Å²) in [4.78, 5) is 28.1. The zero-order chi connectivity index (χ0) is 17.0. The molecule has 1 aliphatic heterocycles. The molecule has 1 fully saturated rings. The number of amides is 2. The largest absolute Gasteiger partial charge is 0.376 e. The van der Waals surface area contributed by atoms with Gasteiger partial charge in [-0.25, -0.2) is 0 Å². The van der Waals surface area contributed by atoms with Crippen molar-refractivity contribution in [2.45, 2.75) is 19.8 Å². The maximum Gasteiger partial charge on any atom is 0.245 e. The second kappa shape index (κ2) is 6.86. The highest BCUT2D eigenvalue weighted by molar-refractivity contribution is 5.98. The fourth-order valence-corrected chi connectivity index (χ4v) is 2.82. The molecular formula is C18H25N3O2. The van der Waals surface area contributed by atoms with Crippen molar-refractivity contribution in [1.82, 2.24) is 4.90 Å². The third-order valence-electron chi connectivity index (χ3n) is 4.54. The van der Waals surface area contributed by atoms with Crippen LogP contribution in [0.3, 0.4) is 0 Å². The van der Waals surface area contributed by atoms with Crippen molar-refractivity contribution in [1.29, 1.82) is 0 Å². The molecule has 23 heavy (non-hydrogen) atoms. The lowest BCUT2D eigenvalue weighted by atomic mass is 9.79. The van der Waals surface area contributed by atoms with Gasteiger partial charge in [-0.05, 0) is 31.1 Å². The number of nitrogens with one attached hydrogen (secondary N) is 1. The van der Waals surface area contributed by atoms with Gasteiger partial charge in [-0.2, -0.15) is 0 Å². The number of carbonyl (C=O) groups excluding carboxylic acids is 2. The van der Waals surface area contributed by atoms with Crippen LogP contribution in [0.5, 0.6) is 0 Å². The summed E-state index contributed by atoms with van der Waals surface area (Å²) >= 11 is 0. The first-order valence-corrected chi connectivity index (χ1v) is 7.86. The van der Waals surface area contributed by atoms with Crippen LogP contribution in [-0.2, 0) is 9.59 Å². The quantitative estimate of drug-likeness (QED) is 0.869. The van der Waals surface area contributed by atoms with Gasteiger partial charge in [0.05, 0.1) is 16.8 Å². The van der Waals surface area contributed by atoms with Crippen LogP contribution in [-0.4, -0.2) is 43.9 Å². The normalized spacial score (nSPS) is 16.6. The minimum Gasteiger partial charge on any atom is -0.376 e. The molecular weight excluding hydrogens is 290 g/mol. The van der Waals surface area contributed by atoms with Crippen LogP contribution < -0.4 is 10.2 Å². The van der Waals surface area contributed by atoms with Crippen LogP contribution in [0.1, 0.15) is 19.8 Å². The standard InChI is InChI=1S/C18H25N3O2/c1-5-16(22)21-12-10-18(2,11-13-21)17(23)19-14-8-6-7-9-15(14)20(3)4/h5-9H,1,10-13H2,2-4H3,(H,19,23). The van der Waals surface area contributed by atoms with E-state index in [1.54, 1.807) is 4.90 Å². The van der Waals surface area contributed by atoms with Crippen LogP contribution in [0.2, 0.25) is 0 Å². The number of para-hydroxylation sites is 2. The molecule has 1 aromatic rings. The second-order valence-corrected chi connectivity index (χ2v) is 6.46. The van der Waals surface area contributed by atoms with E-state index in [1.165, 1.54) is 6.08 Å². The number of rotatable bonds is 4. The van der Waals surface area contributed by atoms with Crippen molar-refractivity contribution >= 4 is 23.2 Å². The molecule has 1 saturated heterocycles. The van der Waals surface area contributed by atoms with E-state index >= 15 is 0 Å². The second-order valence-electron chi connectivity index (χ2n) is 6.46. The highest BCUT2D eigenvalue weighted by Gasteiger charge is 2.37. The number of hydrogen-bond donors (Lipinski definition) is 1. The molecule has 0 saturated carbocycles. The summed E-state index contributed by atoms with van der Waals surface area (Å²) in [6, 6.07) is 7.75. The van der Waals surface area contributed by atoms with E-state index in [0.29, 0.717) is 25.9 Å². The average molecular weight is 315 g/mol. The molecule has 0 aliphatic carbocycles. The fourth-order valence-electron chi connectivity index (χ4n) is 2.82. The highest BCUT2D eigenvalue weighted by Crippen LogP contribution is 2.34. The number of hydrogen-bond acceptors (Lipinski definition) is 3. The van der Waals surface area contributed by atoms with Gasteiger partial charge in [-0.3, -0.25) is 9.59 Å². The van der Waals surface area contributed by atoms with E-state index in [9.17, 15) is 9.59 Å². The monoisotopic (exact) mass is 315 g/mol. The minimum atomic E-state index is -0.461. The Bertz CT molecular complexity index is 602. The smallest absolute Gasteiger partial charge is 0.245 e. The molecule has 2 amide bonds. The SMILES string of the molecule is C=CC(=O)N1CCC(C)(C(=O)Nc2ccccc2N(C)C)CC1. The van der Waals surface area contributed by atoms with Crippen molar-refractivity contribution in [3.63, 3.8) is 0 Å². The van der Waals surface area contributed by atoms with Crippen LogP contribution in [0, 0.1) is 5.41 Å². The summed E-state index contributed by atoms with van der Waals surface area (Å²) in [6.07, 6.45) is 2.64. The lowest BCUT2D eigenvalue weighted by Gasteiger charge is -2.38. The molecule has 0 radical (unpaired) electrons. The Morgan fingerprint density at radius 1 is 1.26 bits per heavy atom. The third kappa shape index (κ3) is 3.73. The van der Waals surface area contributed by atoms with Gasteiger partial charge in [0.15, 0.2) is 0 Å². The zero-order valence-electron chi connectivity index (χ0n) is 14.1. The molecule has 0 atom stereocenters. The van der Waals surface area contributed by atoms with E-state index in [4.69, 9.17) is 0 Å². The molecule has 124 valence electrons. The summed E-state index contributed by atoms with van der Waals surface area (Å²) in [6.45, 7) is 6.66. The van der Waals surface area contributed by atoms with Gasteiger partial charge in [0.1, 0.15) is 0 Å². The highest BCUT2D eigenvalue weighted by atomic mass is 16.2. The van der Waals surface area contributed by atoms with Crippen LogP contribution >= 0.6 is 0 Å². The van der Waals surface area contributed by atoms with Gasteiger partial charge in [-0.1, -0.05) is 25.6 Å². The molecule has 1 aliphatic rings. The Morgan fingerprint density at radius 3 is 2.43 bits per heavy atom. The van der Waals surface area contributed by atoms with Crippen molar-refractivity contribution in [3.8, 4) is 0 Å². The Kier molecular flexibility index (Phi) is 5.08. The summed E-state index contributed by atoms with van der Waals surface area (Å²) in [5.74, 6) is -0.0529. The number of piperidine rings is 1. The predicted molar refractivity (Wildman–Crippen MR) is 93.5 cm³/mol. The van der Waals surface area contributed by atoms with Crippen LogP contribution in [0.15, 0.2) is 36.9 Å². The molecule has 1 aromatic carbocycles. The minimum absolute atomic E-state index is 0.0116. The Morgan fingerprint density at radius 2 is 1.87 bits per heavy atom. The molecule has 0 unspecified atom stereocenters. The van der Waals surface area contributed by atoms with E-state index in [2.05, 4.69) is 11.9 Å². The van der Waals surface area contributed by atoms with Crippen LogP contribution in [0.25, 0.3) is 0 Å². The number of carbonyl (C=O) groups is 2. The zero-order valence-corrected chi connectivity index (χ0v) is 14.1. The van der Waals surface area contributed by atoms with Gasteiger partial charge in [0, 0.05) is 27.2 Å². The van der Waals surface area contributed by atoms with Gasteiger partial charge >= 0.3 is 0 Å². The van der Waals surface area contributed by atoms with E-state index < -0.39 is 5.41 Å². The molecule has 0 aromatic heterocycles. The number of benzene rings is 1. The van der Waals surface area contributed by atoms with Gasteiger partial charge in [0.25, 0.3) is 0 Å². The first-order valence-electron chi connectivity index (χ1n) is 7.86. The number of anilines is 2. The van der Waals surface area contributed by atoms with Crippen molar-refractivity contribution in [2.24, 2.45) is 5.41 Å². The van der Waals surface area contributed by atoms with Gasteiger partial charge in [0.2, 0.25) is 11.8 Å². The van der Waals surface area contributed by atoms with Crippen molar-refractivity contribution in [2.75, 3.05) is 37.4 Å². The summed E-state index contributed by atoms with van der Waals surface area (Å²) < 4.78 is 0. The number of nitrogens with zero attached hydrogens (tertiary/aromatic N) is 2. The summed E-state index contributed by atoms with van der Waals surface area (Å²) in [5, 5.41) is 3.06. The first kappa shape index (κ1) is 17.1. The van der Waals surface area contributed by atoms with E-state index in [-0.39, 0.29) is 11.8 Å². The average Bonchev–Trinajstić information content (AvgIpc) is 2.55. The molecule has 0 spiro atoms. The maximum atomic E-state index is 12.8. The molecule has 0 bridgehead atoms. The van der Waals surface area contributed by atoms with Gasteiger partial charge in [-0.15, -0.1) is 0 Å². The van der Waals surface area contributed by atoms with Crippen molar-refractivity contribution < 1.29 is 9.59 Å². The van der Waals surface area contributed by atoms with E-state index in [0.717, 1.165) is 11.4 Å². The lowest BCUT2D eigenvalue weighted by molar-refractivity contribution is -0.134. The maximum absolute atomic E-state index is 12.8. The third-order valence-corrected chi connectivity index (χ3v) is 4.54. The topological polar surface area (TPSA) is 52.7 Å². The summed E-state index contributed by atoms with van der Waals surface area (Å²) in [7, 11) is 3.90. The Hall–Kier alpha value is -2.30. The molecule has 5 heteroatoms. The van der Waals surface area contributed by atoms with Crippen molar-refractivity contribution in [3.05, 3.63) is 36.9 Å². The first-order chi connectivity index (χ1) is 10.9. The van der Waals surface area contributed by atoms with Crippen LogP contribution in [0.4, 0.5) is 11.4 Å².